The van der Waals surface area contributed by atoms with Crippen LogP contribution in [-0.2, 0) is 0 Å². The van der Waals surface area contributed by atoms with Gasteiger partial charge in [-0.15, -0.1) is 5.10 Å². The predicted octanol–water partition coefficient (Wildman–Crippen LogP) is 0.654. The van der Waals surface area contributed by atoms with Crippen molar-refractivity contribution in [3.8, 4) is 5.75 Å². The summed E-state index contributed by atoms with van der Waals surface area (Å²) in [5.41, 5.74) is 3.57. The van der Waals surface area contributed by atoms with Crippen molar-refractivity contribution in [2.45, 2.75) is 0 Å². The minimum absolute atomic E-state index is 0.324. The van der Waals surface area contributed by atoms with Crippen LogP contribution < -0.4 is 10.2 Å². The number of hydrogen-bond acceptors (Lipinski definition) is 6. The maximum absolute atomic E-state index is 5.04. The quantitative estimate of drug-likeness (QED) is 0.581. The molecule has 2 N–H and O–H groups in total. The largest absolute Gasteiger partial charge is 0.497 e. The SMILES string of the molecule is COc1ccc(/C=N/Nc2nn[nH]n2)cc1. The van der Waals surface area contributed by atoms with Crippen LogP contribution in [0.5, 0.6) is 5.75 Å². The molecule has 7 nitrogen and oxygen atoms in total. The molecular weight excluding hydrogens is 208 g/mol. The number of tetrazole rings is 1. The Morgan fingerprint density at radius 3 is 2.81 bits per heavy atom. The molecule has 0 saturated carbocycles. The summed E-state index contributed by atoms with van der Waals surface area (Å²) < 4.78 is 5.04. The van der Waals surface area contributed by atoms with Crippen molar-refractivity contribution in [2.24, 2.45) is 5.10 Å². The molecule has 1 aromatic heterocycles. The van der Waals surface area contributed by atoms with E-state index in [-0.39, 0.29) is 0 Å². The Bertz CT molecular complexity index is 449. The average Bonchev–Trinajstić information content (AvgIpc) is 2.83. The van der Waals surface area contributed by atoms with Crippen LogP contribution in [0.1, 0.15) is 5.56 Å². The van der Waals surface area contributed by atoms with Crippen LogP contribution in [0.25, 0.3) is 0 Å². The van der Waals surface area contributed by atoms with Gasteiger partial charge in [0.2, 0.25) is 0 Å². The first-order valence-corrected chi connectivity index (χ1v) is 4.55. The van der Waals surface area contributed by atoms with E-state index in [1.165, 1.54) is 0 Å². The van der Waals surface area contributed by atoms with Crippen molar-refractivity contribution in [3.63, 3.8) is 0 Å². The number of rotatable bonds is 4. The molecule has 1 aromatic carbocycles. The third-order valence-electron chi connectivity index (χ3n) is 1.84. The van der Waals surface area contributed by atoms with Gasteiger partial charge in [0, 0.05) is 0 Å². The van der Waals surface area contributed by atoms with Gasteiger partial charge < -0.3 is 4.74 Å². The Morgan fingerprint density at radius 2 is 2.19 bits per heavy atom. The zero-order chi connectivity index (χ0) is 11.2. The molecule has 0 aliphatic carbocycles. The number of nitrogens with zero attached hydrogens (tertiary/aromatic N) is 4. The molecule has 82 valence electrons. The zero-order valence-corrected chi connectivity index (χ0v) is 8.58. The third kappa shape index (κ3) is 2.53. The molecular formula is C9H10N6O. The number of methoxy groups -OCH3 is 1. The van der Waals surface area contributed by atoms with Crippen molar-refractivity contribution in [1.82, 2.24) is 20.6 Å². The van der Waals surface area contributed by atoms with E-state index in [9.17, 15) is 0 Å². The summed E-state index contributed by atoms with van der Waals surface area (Å²) in [6.07, 6.45) is 1.65. The van der Waals surface area contributed by atoms with E-state index < -0.39 is 0 Å². The summed E-state index contributed by atoms with van der Waals surface area (Å²) in [6.45, 7) is 0. The van der Waals surface area contributed by atoms with Crippen LogP contribution in [0, 0.1) is 0 Å². The molecule has 7 heteroatoms. The van der Waals surface area contributed by atoms with E-state index in [2.05, 4.69) is 31.2 Å². The number of hydrogen-bond donors (Lipinski definition) is 2. The van der Waals surface area contributed by atoms with Gasteiger partial charge >= 0.3 is 0 Å². The molecule has 0 bridgehead atoms. The summed E-state index contributed by atoms with van der Waals surface area (Å²) in [7, 11) is 1.63. The van der Waals surface area contributed by atoms with Crippen LogP contribution in [-0.4, -0.2) is 33.9 Å². The fourth-order valence-electron chi connectivity index (χ4n) is 1.06. The van der Waals surface area contributed by atoms with Crippen molar-refractivity contribution in [1.29, 1.82) is 0 Å². The number of aromatic nitrogens is 4. The van der Waals surface area contributed by atoms with Crippen LogP contribution >= 0.6 is 0 Å². The molecule has 16 heavy (non-hydrogen) atoms. The normalized spacial score (nSPS) is 10.6. The molecule has 0 aliphatic heterocycles. The fraction of sp³-hybridized carbons (Fsp3) is 0.111. The molecule has 2 rings (SSSR count). The summed E-state index contributed by atoms with van der Waals surface area (Å²) in [5.74, 6) is 1.13. The van der Waals surface area contributed by atoms with Gasteiger partial charge in [-0.1, -0.05) is 5.10 Å². The number of nitrogens with one attached hydrogen (secondary N) is 2. The summed E-state index contributed by atoms with van der Waals surface area (Å²) in [5, 5.41) is 17.0. The van der Waals surface area contributed by atoms with E-state index in [4.69, 9.17) is 4.74 Å². The first-order chi connectivity index (χ1) is 7.88. The second-order valence-corrected chi connectivity index (χ2v) is 2.88. The highest BCUT2D eigenvalue weighted by atomic mass is 16.5. The van der Waals surface area contributed by atoms with E-state index in [0.29, 0.717) is 5.95 Å². The molecule has 0 spiro atoms. The summed E-state index contributed by atoms with van der Waals surface area (Å²) >= 11 is 0. The highest BCUT2D eigenvalue weighted by Crippen LogP contribution is 2.09. The highest BCUT2D eigenvalue weighted by molar-refractivity contribution is 5.80. The molecule has 0 radical (unpaired) electrons. The number of benzene rings is 1. The molecule has 1 heterocycles. The lowest BCUT2D eigenvalue weighted by Crippen LogP contribution is -1.92. The van der Waals surface area contributed by atoms with E-state index in [1.807, 2.05) is 24.3 Å². The van der Waals surface area contributed by atoms with Gasteiger partial charge in [0.15, 0.2) is 0 Å². The lowest BCUT2D eigenvalue weighted by atomic mass is 10.2. The van der Waals surface area contributed by atoms with Crippen LogP contribution in [0.2, 0.25) is 0 Å². The summed E-state index contributed by atoms with van der Waals surface area (Å²) in [6, 6.07) is 7.49. The Labute approximate surface area is 91.5 Å². The van der Waals surface area contributed by atoms with E-state index >= 15 is 0 Å². The van der Waals surface area contributed by atoms with Gasteiger partial charge in [-0.3, -0.25) is 0 Å². The monoisotopic (exact) mass is 218 g/mol. The summed E-state index contributed by atoms with van der Waals surface area (Å²) in [4.78, 5) is 0. The third-order valence-corrected chi connectivity index (χ3v) is 1.84. The lowest BCUT2D eigenvalue weighted by Gasteiger charge is -1.98. The lowest BCUT2D eigenvalue weighted by molar-refractivity contribution is 0.415. The van der Waals surface area contributed by atoms with Gasteiger partial charge in [-0.2, -0.15) is 10.3 Å². The number of hydrazone groups is 1. The average molecular weight is 218 g/mol. The minimum Gasteiger partial charge on any atom is -0.497 e. The molecule has 0 amide bonds. The number of H-pyrrole nitrogens is 1. The molecule has 0 aliphatic rings. The van der Waals surface area contributed by atoms with Crippen molar-refractivity contribution < 1.29 is 4.74 Å². The van der Waals surface area contributed by atoms with E-state index in [1.54, 1.807) is 13.3 Å². The number of aromatic amines is 1. The van der Waals surface area contributed by atoms with Gasteiger partial charge in [-0.05, 0) is 35.0 Å². The van der Waals surface area contributed by atoms with Crippen LogP contribution in [0.3, 0.4) is 0 Å². The zero-order valence-electron chi connectivity index (χ0n) is 8.58. The molecule has 0 unspecified atom stereocenters. The van der Waals surface area contributed by atoms with Gasteiger partial charge in [0.25, 0.3) is 5.95 Å². The van der Waals surface area contributed by atoms with Gasteiger partial charge in [-0.25, -0.2) is 5.43 Å². The molecule has 0 saturated heterocycles. The number of ether oxygens (including phenoxy) is 1. The Morgan fingerprint density at radius 1 is 1.38 bits per heavy atom. The Kier molecular flexibility index (Phi) is 3.07. The fourth-order valence-corrected chi connectivity index (χ4v) is 1.06. The van der Waals surface area contributed by atoms with Crippen LogP contribution in [0.15, 0.2) is 29.4 Å². The van der Waals surface area contributed by atoms with Gasteiger partial charge in [0.1, 0.15) is 5.75 Å². The van der Waals surface area contributed by atoms with Crippen LogP contribution in [0.4, 0.5) is 5.95 Å². The molecule has 0 fully saturated rings. The first-order valence-electron chi connectivity index (χ1n) is 4.55. The Hall–Kier alpha value is -2.44. The first kappa shape index (κ1) is 10.1. The second-order valence-electron chi connectivity index (χ2n) is 2.88. The number of anilines is 1. The maximum Gasteiger partial charge on any atom is 0.283 e. The minimum atomic E-state index is 0.324. The standard InChI is InChI=1S/C9H10N6O/c1-16-8-4-2-7(3-5-8)6-10-11-9-12-14-15-13-9/h2-6H,1H3,(H2,11,12,13,14,15)/b10-6+. The van der Waals surface area contributed by atoms with Crippen molar-refractivity contribution in [2.75, 3.05) is 12.5 Å². The van der Waals surface area contributed by atoms with Gasteiger partial charge in [0.05, 0.1) is 13.3 Å². The van der Waals surface area contributed by atoms with Crippen molar-refractivity contribution >= 4 is 12.2 Å². The molecule has 0 atom stereocenters. The highest BCUT2D eigenvalue weighted by Gasteiger charge is 1.93. The van der Waals surface area contributed by atoms with Crippen molar-refractivity contribution in [3.05, 3.63) is 29.8 Å². The maximum atomic E-state index is 5.04. The smallest absolute Gasteiger partial charge is 0.283 e. The van der Waals surface area contributed by atoms with E-state index in [0.717, 1.165) is 11.3 Å². The Balaban J connectivity index is 1.95. The second kappa shape index (κ2) is 4.87. The topological polar surface area (TPSA) is 88.1 Å². The predicted molar refractivity (Wildman–Crippen MR) is 58.4 cm³/mol. The molecule has 2 aromatic rings.